The lowest BCUT2D eigenvalue weighted by atomic mass is 10.2. The van der Waals surface area contributed by atoms with Gasteiger partial charge in [-0.05, 0) is 17.7 Å². The van der Waals surface area contributed by atoms with E-state index < -0.39 is 0 Å². The van der Waals surface area contributed by atoms with Gasteiger partial charge in [-0.1, -0.05) is 12.1 Å². The number of nitrogens with one attached hydrogen (secondary N) is 2. The predicted molar refractivity (Wildman–Crippen MR) is 71.9 cm³/mol. The molecule has 102 valence electrons. The van der Waals surface area contributed by atoms with Crippen molar-refractivity contribution in [2.45, 2.75) is 6.61 Å². The summed E-state index contributed by atoms with van der Waals surface area (Å²) < 4.78 is 5.72. The molecule has 1 aromatic carbocycles. The molecule has 0 amide bonds. The zero-order valence-corrected chi connectivity index (χ0v) is 10.4. The first-order chi connectivity index (χ1) is 9.80. The molecule has 5 N–H and O–H groups in total. The van der Waals surface area contributed by atoms with E-state index in [1.165, 1.54) is 0 Å². The molecule has 0 saturated carbocycles. The SMILES string of the molecule is NNc1nc(Oc2cccc(CO)c2)c2cn[nH]c2n1. The smallest absolute Gasteiger partial charge is 0.242 e. The molecule has 0 bridgehead atoms. The van der Waals surface area contributed by atoms with Crippen molar-refractivity contribution in [3.8, 4) is 11.6 Å². The van der Waals surface area contributed by atoms with E-state index in [-0.39, 0.29) is 12.6 Å². The molecular weight excluding hydrogens is 260 g/mol. The number of aromatic amines is 1. The van der Waals surface area contributed by atoms with Crippen molar-refractivity contribution >= 4 is 17.0 Å². The maximum atomic E-state index is 9.13. The van der Waals surface area contributed by atoms with Crippen LogP contribution >= 0.6 is 0 Å². The van der Waals surface area contributed by atoms with Crippen molar-refractivity contribution in [2.75, 3.05) is 5.43 Å². The molecule has 0 saturated heterocycles. The first-order valence-electron chi connectivity index (χ1n) is 5.85. The van der Waals surface area contributed by atoms with Crippen LogP contribution in [0.2, 0.25) is 0 Å². The summed E-state index contributed by atoms with van der Waals surface area (Å²) in [5.74, 6) is 6.42. The molecule has 0 atom stereocenters. The third kappa shape index (κ3) is 2.25. The van der Waals surface area contributed by atoms with Gasteiger partial charge in [0, 0.05) is 0 Å². The Morgan fingerprint density at radius 3 is 3.05 bits per heavy atom. The number of hydrazine groups is 1. The Morgan fingerprint density at radius 2 is 2.25 bits per heavy atom. The fraction of sp³-hybridized carbons (Fsp3) is 0.0833. The van der Waals surface area contributed by atoms with Gasteiger partial charge in [-0.2, -0.15) is 15.1 Å². The van der Waals surface area contributed by atoms with E-state index in [2.05, 4.69) is 25.6 Å². The number of H-pyrrole nitrogens is 1. The van der Waals surface area contributed by atoms with Crippen LogP contribution < -0.4 is 16.0 Å². The molecular formula is C12H12N6O2. The lowest BCUT2D eigenvalue weighted by Gasteiger charge is -2.08. The summed E-state index contributed by atoms with van der Waals surface area (Å²) in [5.41, 5.74) is 3.63. The summed E-state index contributed by atoms with van der Waals surface area (Å²) in [7, 11) is 0. The van der Waals surface area contributed by atoms with Crippen LogP contribution in [0.4, 0.5) is 5.95 Å². The molecule has 0 aliphatic heterocycles. The van der Waals surface area contributed by atoms with Crippen molar-refractivity contribution < 1.29 is 9.84 Å². The van der Waals surface area contributed by atoms with Crippen molar-refractivity contribution in [3.63, 3.8) is 0 Å². The number of nitrogen functional groups attached to an aromatic ring is 1. The Bertz CT molecular complexity index is 742. The van der Waals surface area contributed by atoms with E-state index in [0.717, 1.165) is 5.56 Å². The Morgan fingerprint density at radius 1 is 1.35 bits per heavy atom. The molecule has 0 fully saturated rings. The molecule has 3 rings (SSSR count). The highest BCUT2D eigenvalue weighted by Crippen LogP contribution is 2.27. The van der Waals surface area contributed by atoms with Crippen LogP contribution in [0.5, 0.6) is 11.6 Å². The van der Waals surface area contributed by atoms with Gasteiger partial charge in [0.05, 0.1) is 12.8 Å². The van der Waals surface area contributed by atoms with Crippen LogP contribution in [0.1, 0.15) is 5.56 Å². The minimum Gasteiger partial charge on any atom is -0.438 e. The molecule has 0 aliphatic carbocycles. The lowest BCUT2D eigenvalue weighted by Crippen LogP contribution is -2.10. The van der Waals surface area contributed by atoms with E-state index >= 15 is 0 Å². The van der Waals surface area contributed by atoms with Crippen LogP contribution in [0.25, 0.3) is 11.0 Å². The summed E-state index contributed by atoms with van der Waals surface area (Å²) in [5, 5.41) is 16.4. The first kappa shape index (κ1) is 12.3. The largest absolute Gasteiger partial charge is 0.438 e. The fourth-order valence-corrected chi connectivity index (χ4v) is 1.77. The van der Waals surface area contributed by atoms with Crippen LogP contribution in [0.15, 0.2) is 30.5 Å². The number of fused-ring (bicyclic) bond motifs is 1. The van der Waals surface area contributed by atoms with Crippen LogP contribution in [-0.2, 0) is 6.61 Å². The Kier molecular flexibility index (Phi) is 3.15. The van der Waals surface area contributed by atoms with Gasteiger partial charge in [0.25, 0.3) is 0 Å². The van der Waals surface area contributed by atoms with E-state index in [9.17, 15) is 0 Å². The van der Waals surface area contributed by atoms with E-state index in [1.54, 1.807) is 30.5 Å². The molecule has 8 heteroatoms. The number of anilines is 1. The van der Waals surface area contributed by atoms with Gasteiger partial charge in [-0.3, -0.25) is 10.5 Å². The molecule has 20 heavy (non-hydrogen) atoms. The van der Waals surface area contributed by atoms with Gasteiger partial charge in [0.2, 0.25) is 11.8 Å². The second kappa shape index (κ2) is 5.11. The standard InChI is InChI=1S/C12H12N6O2/c13-17-12-15-10-9(5-14-18-10)11(16-12)20-8-3-1-2-7(4-8)6-19/h1-5,19H,6,13H2,(H2,14,15,16,17,18). The average Bonchev–Trinajstić information content (AvgIpc) is 2.96. The number of aliphatic hydroxyl groups is 1. The maximum absolute atomic E-state index is 9.13. The summed E-state index contributed by atoms with van der Waals surface area (Å²) in [6.07, 6.45) is 1.57. The summed E-state index contributed by atoms with van der Waals surface area (Å²) in [6.45, 7) is -0.0578. The number of aliphatic hydroxyl groups excluding tert-OH is 1. The quantitative estimate of drug-likeness (QED) is 0.411. The minimum atomic E-state index is -0.0578. The number of aromatic nitrogens is 4. The van der Waals surface area contributed by atoms with Gasteiger partial charge >= 0.3 is 0 Å². The van der Waals surface area contributed by atoms with Gasteiger partial charge in [0.1, 0.15) is 11.1 Å². The number of ether oxygens (including phenoxy) is 1. The van der Waals surface area contributed by atoms with Crippen LogP contribution in [-0.4, -0.2) is 25.3 Å². The Hall–Kier alpha value is -2.71. The highest BCUT2D eigenvalue weighted by Gasteiger charge is 2.11. The summed E-state index contributed by atoms with van der Waals surface area (Å²) >= 11 is 0. The minimum absolute atomic E-state index is 0.0578. The molecule has 2 heterocycles. The van der Waals surface area contributed by atoms with Gasteiger partial charge in [-0.25, -0.2) is 5.84 Å². The topological polar surface area (TPSA) is 122 Å². The van der Waals surface area contributed by atoms with Gasteiger partial charge < -0.3 is 9.84 Å². The lowest BCUT2D eigenvalue weighted by molar-refractivity contribution is 0.281. The van der Waals surface area contributed by atoms with Crippen LogP contribution in [0, 0.1) is 0 Å². The molecule has 0 aliphatic rings. The Labute approximate surface area is 113 Å². The summed E-state index contributed by atoms with van der Waals surface area (Å²) in [4.78, 5) is 8.25. The fourth-order valence-electron chi connectivity index (χ4n) is 1.77. The molecule has 0 radical (unpaired) electrons. The number of benzene rings is 1. The third-order valence-electron chi connectivity index (χ3n) is 2.70. The number of rotatable bonds is 4. The van der Waals surface area contributed by atoms with Gasteiger partial charge in [-0.15, -0.1) is 0 Å². The zero-order chi connectivity index (χ0) is 13.9. The number of nitrogens with zero attached hydrogens (tertiary/aromatic N) is 3. The average molecular weight is 272 g/mol. The van der Waals surface area contributed by atoms with Crippen molar-refractivity contribution in [1.82, 2.24) is 20.2 Å². The third-order valence-corrected chi connectivity index (χ3v) is 2.70. The van der Waals surface area contributed by atoms with Crippen LogP contribution in [0.3, 0.4) is 0 Å². The summed E-state index contributed by atoms with van der Waals surface area (Å²) in [6, 6.07) is 7.08. The van der Waals surface area contributed by atoms with Crippen molar-refractivity contribution in [2.24, 2.45) is 5.84 Å². The first-order valence-corrected chi connectivity index (χ1v) is 5.85. The highest BCUT2D eigenvalue weighted by atomic mass is 16.5. The number of hydrogen-bond acceptors (Lipinski definition) is 7. The zero-order valence-electron chi connectivity index (χ0n) is 10.4. The second-order valence-electron chi connectivity index (χ2n) is 4.04. The number of nitrogens with two attached hydrogens (primary N) is 1. The maximum Gasteiger partial charge on any atom is 0.242 e. The number of hydrogen-bond donors (Lipinski definition) is 4. The molecule has 3 aromatic rings. The highest BCUT2D eigenvalue weighted by molar-refractivity contribution is 5.80. The van der Waals surface area contributed by atoms with E-state index in [0.29, 0.717) is 22.7 Å². The molecule has 2 aromatic heterocycles. The Balaban J connectivity index is 2.02. The molecule has 0 unspecified atom stereocenters. The van der Waals surface area contributed by atoms with E-state index in [4.69, 9.17) is 15.7 Å². The van der Waals surface area contributed by atoms with Crippen molar-refractivity contribution in [3.05, 3.63) is 36.0 Å². The van der Waals surface area contributed by atoms with Crippen molar-refractivity contribution in [1.29, 1.82) is 0 Å². The normalized spacial score (nSPS) is 10.7. The predicted octanol–water partition coefficient (Wildman–Crippen LogP) is 0.923. The second-order valence-corrected chi connectivity index (χ2v) is 4.04. The molecule has 0 spiro atoms. The van der Waals surface area contributed by atoms with Gasteiger partial charge in [0.15, 0.2) is 5.65 Å². The van der Waals surface area contributed by atoms with E-state index in [1.807, 2.05) is 0 Å². The molecule has 8 nitrogen and oxygen atoms in total. The monoisotopic (exact) mass is 272 g/mol.